The Morgan fingerprint density at radius 1 is 1.03 bits per heavy atom. The molecule has 39 heavy (non-hydrogen) atoms. The molecule has 9 nitrogen and oxygen atoms in total. The number of ether oxygens (including phenoxy) is 4. The highest BCUT2D eigenvalue weighted by molar-refractivity contribution is 5.71. The number of nitrogens with zero attached hydrogens (tertiary/aromatic N) is 1. The van der Waals surface area contributed by atoms with E-state index in [0.717, 1.165) is 18.5 Å². The van der Waals surface area contributed by atoms with Gasteiger partial charge in [-0.3, -0.25) is 14.5 Å². The molecule has 1 aliphatic rings. The maximum atomic E-state index is 12.8. The lowest BCUT2D eigenvalue weighted by molar-refractivity contribution is -0.140. The Morgan fingerprint density at radius 2 is 1.69 bits per heavy atom. The summed E-state index contributed by atoms with van der Waals surface area (Å²) in [5.74, 6) is 0.714. The van der Waals surface area contributed by atoms with Crippen molar-refractivity contribution in [1.29, 1.82) is 0 Å². The van der Waals surface area contributed by atoms with Gasteiger partial charge in [0.2, 0.25) is 11.2 Å². The van der Waals surface area contributed by atoms with E-state index < -0.39 is 23.1 Å². The summed E-state index contributed by atoms with van der Waals surface area (Å²) in [7, 11) is 4.52. The lowest BCUT2D eigenvalue weighted by atomic mass is 9.92. The van der Waals surface area contributed by atoms with Crippen molar-refractivity contribution in [3.8, 4) is 23.0 Å². The van der Waals surface area contributed by atoms with E-state index in [0.29, 0.717) is 41.7 Å². The van der Waals surface area contributed by atoms with Gasteiger partial charge in [-0.15, -0.1) is 0 Å². The average Bonchev–Trinajstić information content (AvgIpc) is 2.93. The van der Waals surface area contributed by atoms with Crippen molar-refractivity contribution in [2.45, 2.75) is 51.8 Å². The molecule has 0 aliphatic carbocycles. The molecule has 0 spiro atoms. The van der Waals surface area contributed by atoms with Gasteiger partial charge in [-0.25, -0.2) is 0 Å². The Morgan fingerprint density at radius 3 is 2.31 bits per heavy atom. The van der Waals surface area contributed by atoms with Crippen LogP contribution < -0.4 is 19.6 Å². The number of benzene rings is 2. The number of hydrogen-bond acceptors (Lipinski definition) is 9. The standard InChI is InChI=1S/C30H35NO8/c1-18(2)38-22-8-6-19(7-9-22)24(15-28(33)37-5)30-29(34)25(32)14-23(39-30)17-31-11-10-20-12-26(35-3)27(36-4)13-21(20)16-31/h6-9,12-14,18,24,34H,10-11,15-17H2,1-5H3/t24-/m1/s1. The molecule has 0 fully saturated rings. The van der Waals surface area contributed by atoms with Crippen molar-refractivity contribution in [3.63, 3.8) is 0 Å². The van der Waals surface area contributed by atoms with Gasteiger partial charge >= 0.3 is 5.97 Å². The second-order valence-electron chi connectivity index (χ2n) is 9.79. The first-order valence-electron chi connectivity index (χ1n) is 12.9. The molecule has 0 bridgehead atoms. The zero-order valence-electron chi connectivity index (χ0n) is 23.0. The molecule has 1 aromatic heterocycles. The second kappa shape index (κ2) is 12.3. The zero-order chi connectivity index (χ0) is 28.1. The Labute approximate surface area is 227 Å². The van der Waals surface area contributed by atoms with Crippen LogP contribution >= 0.6 is 0 Å². The van der Waals surface area contributed by atoms with Crippen LogP contribution in [0.3, 0.4) is 0 Å². The Balaban J connectivity index is 1.63. The van der Waals surface area contributed by atoms with E-state index in [9.17, 15) is 14.7 Å². The fourth-order valence-electron chi connectivity index (χ4n) is 4.83. The zero-order valence-corrected chi connectivity index (χ0v) is 23.0. The number of carbonyl (C=O) groups excluding carboxylic acids is 1. The van der Waals surface area contributed by atoms with E-state index in [2.05, 4.69) is 4.90 Å². The summed E-state index contributed by atoms with van der Waals surface area (Å²) >= 11 is 0. The summed E-state index contributed by atoms with van der Waals surface area (Å²) in [5, 5.41) is 10.7. The fraction of sp³-hybridized carbons (Fsp3) is 0.400. The number of carbonyl (C=O) groups is 1. The highest BCUT2D eigenvalue weighted by Crippen LogP contribution is 2.36. The first-order chi connectivity index (χ1) is 18.7. The lowest BCUT2D eigenvalue weighted by Crippen LogP contribution is -2.30. The molecule has 0 radical (unpaired) electrons. The second-order valence-corrected chi connectivity index (χ2v) is 9.79. The van der Waals surface area contributed by atoms with Gasteiger partial charge in [-0.2, -0.15) is 0 Å². The van der Waals surface area contributed by atoms with Crippen molar-refractivity contribution in [3.05, 3.63) is 80.9 Å². The fourth-order valence-corrected chi connectivity index (χ4v) is 4.83. The first-order valence-corrected chi connectivity index (χ1v) is 12.9. The van der Waals surface area contributed by atoms with Crippen LogP contribution in [0.4, 0.5) is 0 Å². The van der Waals surface area contributed by atoms with Gasteiger partial charge in [-0.05, 0) is 61.2 Å². The summed E-state index contributed by atoms with van der Waals surface area (Å²) < 4.78 is 27.6. The number of fused-ring (bicyclic) bond motifs is 1. The number of hydrogen-bond donors (Lipinski definition) is 1. The third-order valence-electron chi connectivity index (χ3n) is 6.75. The van der Waals surface area contributed by atoms with E-state index in [1.54, 1.807) is 38.5 Å². The molecule has 0 amide bonds. The van der Waals surface area contributed by atoms with Gasteiger partial charge in [0.15, 0.2) is 17.3 Å². The molecule has 1 atom stereocenters. The molecule has 2 heterocycles. The molecular weight excluding hydrogens is 502 g/mol. The molecule has 3 aromatic rings. The van der Waals surface area contributed by atoms with Crippen LogP contribution in [0.2, 0.25) is 0 Å². The number of esters is 1. The molecule has 4 rings (SSSR count). The Bertz CT molecular complexity index is 1360. The van der Waals surface area contributed by atoms with E-state index in [1.165, 1.54) is 18.7 Å². The van der Waals surface area contributed by atoms with Crippen LogP contribution in [0.15, 0.2) is 51.7 Å². The van der Waals surface area contributed by atoms with Crippen LogP contribution in [0.5, 0.6) is 23.0 Å². The van der Waals surface area contributed by atoms with Gasteiger partial charge in [0.1, 0.15) is 11.5 Å². The van der Waals surface area contributed by atoms with E-state index in [1.807, 2.05) is 26.0 Å². The average molecular weight is 538 g/mol. The van der Waals surface area contributed by atoms with Crippen molar-refractivity contribution in [2.75, 3.05) is 27.9 Å². The molecule has 2 aromatic carbocycles. The van der Waals surface area contributed by atoms with E-state index in [4.69, 9.17) is 23.4 Å². The molecular formula is C30H35NO8. The van der Waals surface area contributed by atoms with Crippen LogP contribution in [0.25, 0.3) is 0 Å². The van der Waals surface area contributed by atoms with Crippen molar-refractivity contribution in [1.82, 2.24) is 4.90 Å². The minimum Gasteiger partial charge on any atom is -0.502 e. The molecule has 9 heteroatoms. The molecule has 0 saturated carbocycles. The maximum absolute atomic E-state index is 12.8. The SMILES string of the molecule is COC(=O)C[C@H](c1ccc(OC(C)C)cc1)c1oc(CN2CCc3cc(OC)c(OC)cc3C2)cc(=O)c1O. The monoisotopic (exact) mass is 537 g/mol. The number of rotatable bonds is 10. The predicted molar refractivity (Wildman–Crippen MR) is 145 cm³/mol. The lowest BCUT2D eigenvalue weighted by Gasteiger charge is -2.29. The topological polar surface area (TPSA) is 108 Å². The van der Waals surface area contributed by atoms with Crippen LogP contribution in [0.1, 0.15) is 54.4 Å². The summed E-state index contributed by atoms with van der Waals surface area (Å²) in [5.41, 5.74) is 2.40. The highest BCUT2D eigenvalue weighted by Gasteiger charge is 2.28. The van der Waals surface area contributed by atoms with Crippen LogP contribution in [-0.4, -0.2) is 50.0 Å². The molecule has 0 saturated heterocycles. The normalized spacial score (nSPS) is 14.0. The predicted octanol–water partition coefficient (Wildman–Crippen LogP) is 4.40. The van der Waals surface area contributed by atoms with E-state index in [-0.39, 0.29) is 18.3 Å². The van der Waals surface area contributed by atoms with Gasteiger partial charge in [0, 0.05) is 19.2 Å². The number of aromatic hydroxyl groups is 1. The van der Waals surface area contributed by atoms with Crippen LogP contribution in [0, 0.1) is 0 Å². The minimum atomic E-state index is -0.725. The maximum Gasteiger partial charge on any atom is 0.306 e. The highest BCUT2D eigenvalue weighted by atomic mass is 16.5. The smallest absolute Gasteiger partial charge is 0.306 e. The van der Waals surface area contributed by atoms with Crippen molar-refractivity contribution >= 4 is 5.97 Å². The minimum absolute atomic E-state index is 0.00494. The van der Waals surface area contributed by atoms with Crippen LogP contribution in [-0.2, 0) is 29.0 Å². The van der Waals surface area contributed by atoms with Crippen molar-refractivity contribution < 1.29 is 33.3 Å². The quantitative estimate of drug-likeness (QED) is 0.377. The van der Waals surface area contributed by atoms with E-state index >= 15 is 0 Å². The third-order valence-corrected chi connectivity index (χ3v) is 6.75. The van der Waals surface area contributed by atoms with Gasteiger partial charge in [-0.1, -0.05) is 12.1 Å². The molecule has 1 aliphatic heterocycles. The Hall–Kier alpha value is -3.98. The Kier molecular flexibility index (Phi) is 8.81. The third kappa shape index (κ3) is 6.54. The summed E-state index contributed by atoms with van der Waals surface area (Å²) in [6, 6.07) is 12.4. The summed E-state index contributed by atoms with van der Waals surface area (Å²) in [4.78, 5) is 27.3. The van der Waals surface area contributed by atoms with Gasteiger partial charge in [0.05, 0.1) is 46.3 Å². The summed E-state index contributed by atoms with van der Waals surface area (Å²) in [6.45, 7) is 5.58. The van der Waals surface area contributed by atoms with Gasteiger partial charge in [0.25, 0.3) is 0 Å². The number of methoxy groups -OCH3 is 3. The first kappa shape index (κ1) is 28.0. The molecule has 208 valence electrons. The molecule has 1 N–H and O–H groups in total. The van der Waals surface area contributed by atoms with Crippen molar-refractivity contribution in [2.24, 2.45) is 0 Å². The summed E-state index contributed by atoms with van der Waals surface area (Å²) in [6.07, 6.45) is 0.686. The largest absolute Gasteiger partial charge is 0.502 e. The van der Waals surface area contributed by atoms with Gasteiger partial charge < -0.3 is 28.5 Å². The molecule has 0 unspecified atom stereocenters.